The fourth-order valence-corrected chi connectivity index (χ4v) is 6.92. The summed E-state index contributed by atoms with van der Waals surface area (Å²) >= 11 is 0. The topological polar surface area (TPSA) is 17.1 Å². The Hall–Kier alpha value is -0.330. The van der Waals surface area contributed by atoms with E-state index in [1.54, 1.807) is 0 Å². The molecule has 0 aromatic rings. The van der Waals surface area contributed by atoms with Gasteiger partial charge in [-0.3, -0.25) is 4.79 Å². The second kappa shape index (κ2) is 4.58. The summed E-state index contributed by atoms with van der Waals surface area (Å²) in [6.45, 7) is 5.10. The molecule has 7 atom stereocenters. The summed E-state index contributed by atoms with van der Waals surface area (Å²) in [6, 6.07) is 0. The molecule has 0 aromatic carbocycles. The Balaban J connectivity index is 1.58. The molecule has 0 unspecified atom stereocenters. The van der Waals surface area contributed by atoms with Gasteiger partial charge in [-0.2, -0.15) is 0 Å². The Morgan fingerprint density at radius 2 is 1.80 bits per heavy atom. The van der Waals surface area contributed by atoms with Gasteiger partial charge in [0.15, 0.2) is 0 Å². The lowest BCUT2D eigenvalue weighted by atomic mass is 9.50. The molecule has 4 fully saturated rings. The van der Waals surface area contributed by atoms with Crippen LogP contribution in [0.5, 0.6) is 0 Å². The maximum Gasteiger partial charge on any atom is 0.133 e. The molecule has 0 bridgehead atoms. The zero-order valence-corrected chi connectivity index (χ0v) is 13.2. The van der Waals surface area contributed by atoms with Crippen LogP contribution in [0, 0.1) is 40.9 Å². The van der Waals surface area contributed by atoms with Crippen molar-refractivity contribution in [3.05, 3.63) is 0 Å². The van der Waals surface area contributed by atoms with Crippen molar-refractivity contribution in [2.45, 2.75) is 71.6 Å². The van der Waals surface area contributed by atoms with E-state index in [9.17, 15) is 4.79 Å². The smallest absolute Gasteiger partial charge is 0.133 e. The van der Waals surface area contributed by atoms with E-state index in [0.717, 1.165) is 48.3 Å². The second-order valence-corrected chi connectivity index (χ2v) is 8.74. The highest BCUT2D eigenvalue weighted by Gasteiger charge is 2.55. The van der Waals surface area contributed by atoms with E-state index in [1.807, 2.05) is 0 Å². The normalized spacial score (nSPS) is 55.0. The highest BCUT2D eigenvalue weighted by Crippen LogP contribution is 2.63. The SMILES string of the molecule is C[C@H]1CC[C@H]2[C@@H]3CC[C@H]4CC(=O)CC[C@@H]4[C@H]3CC[C@]12C. The van der Waals surface area contributed by atoms with Gasteiger partial charge in [0.25, 0.3) is 0 Å². The number of carbonyl (C=O) groups excluding carboxylic acids is 1. The fraction of sp³-hybridized carbons (Fsp3) is 0.947. The van der Waals surface area contributed by atoms with Gasteiger partial charge in [-0.15, -0.1) is 0 Å². The van der Waals surface area contributed by atoms with E-state index < -0.39 is 0 Å². The first-order chi connectivity index (χ1) is 9.59. The largest absolute Gasteiger partial charge is 0.300 e. The summed E-state index contributed by atoms with van der Waals surface area (Å²) < 4.78 is 0. The van der Waals surface area contributed by atoms with Crippen molar-refractivity contribution in [3.63, 3.8) is 0 Å². The van der Waals surface area contributed by atoms with E-state index in [1.165, 1.54) is 44.9 Å². The Labute approximate surface area is 123 Å². The number of rotatable bonds is 0. The third-order valence-electron chi connectivity index (χ3n) is 8.24. The zero-order valence-electron chi connectivity index (χ0n) is 13.2. The minimum absolute atomic E-state index is 0.555. The number of fused-ring (bicyclic) bond motifs is 5. The maximum atomic E-state index is 11.8. The molecule has 0 radical (unpaired) electrons. The molecular weight excluding hydrogens is 244 g/mol. The molecule has 0 aliphatic heterocycles. The molecule has 0 saturated heterocycles. The average molecular weight is 274 g/mol. The van der Waals surface area contributed by atoms with Crippen LogP contribution in [0.15, 0.2) is 0 Å². The van der Waals surface area contributed by atoms with Crippen LogP contribution in [-0.4, -0.2) is 5.78 Å². The Kier molecular flexibility index (Phi) is 3.06. The standard InChI is InChI=1S/C19H30O/c1-12-3-8-18-17-6-4-13-11-14(20)5-7-15(13)16(17)9-10-19(12,18)2/h12-13,15-18H,3-11H2,1-2H3/t12-,13-,15-,16+,17+,18-,19+/m0/s1. The number of ketones is 1. The van der Waals surface area contributed by atoms with Gasteiger partial charge in [-0.05, 0) is 85.9 Å². The second-order valence-electron chi connectivity index (χ2n) is 8.74. The molecule has 4 saturated carbocycles. The van der Waals surface area contributed by atoms with Gasteiger partial charge < -0.3 is 0 Å². The van der Waals surface area contributed by atoms with Crippen LogP contribution in [0.3, 0.4) is 0 Å². The Morgan fingerprint density at radius 3 is 2.65 bits per heavy atom. The van der Waals surface area contributed by atoms with E-state index in [0.29, 0.717) is 11.2 Å². The summed E-state index contributed by atoms with van der Waals surface area (Å²) in [7, 11) is 0. The van der Waals surface area contributed by atoms with Crippen molar-refractivity contribution in [1.29, 1.82) is 0 Å². The van der Waals surface area contributed by atoms with Gasteiger partial charge in [-0.1, -0.05) is 13.8 Å². The molecular formula is C19H30O. The van der Waals surface area contributed by atoms with Crippen LogP contribution in [0.1, 0.15) is 71.6 Å². The molecule has 4 rings (SSSR count). The molecule has 0 N–H and O–H groups in total. The third-order valence-corrected chi connectivity index (χ3v) is 8.24. The van der Waals surface area contributed by atoms with Gasteiger partial charge in [0.1, 0.15) is 5.78 Å². The molecule has 1 nitrogen and oxygen atoms in total. The molecule has 112 valence electrons. The first-order valence-corrected chi connectivity index (χ1v) is 9.11. The minimum atomic E-state index is 0.555. The quantitative estimate of drug-likeness (QED) is 0.617. The first kappa shape index (κ1) is 13.3. The van der Waals surface area contributed by atoms with Crippen LogP contribution in [-0.2, 0) is 4.79 Å². The number of Topliss-reactive ketones (excluding diaryl/α,β-unsaturated/α-hetero) is 1. The van der Waals surface area contributed by atoms with Crippen LogP contribution in [0.2, 0.25) is 0 Å². The molecule has 4 aliphatic rings. The Morgan fingerprint density at radius 1 is 0.950 bits per heavy atom. The molecule has 0 aromatic heterocycles. The Bertz CT molecular complexity index is 414. The minimum Gasteiger partial charge on any atom is -0.300 e. The van der Waals surface area contributed by atoms with Crippen molar-refractivity contribution in [2.75, 3.05) is 0 Å². The van der Waals surface area contributed by atoms with Crippen molar-refractivity contribution < 1.29 is 4.79 Å². The number of hydrogen-bond acceptors (Lipinski definition) is 1. The van der Waals surface area contributed by atoms with E-state index in [-0.39, 0.29) is 0 Å². The molecule has 0 amide bonds. The zero-order chi connectivity index (χ0) is 13.9. The van der Waals surface area contributed by atoms with Gasteiger partial charge >= 0.3 is 0 Å². The van der Waals surface area contributed by atoms with Crippen molar-refractivity contribution >= 4 is 5.78 Å². The van der Waals surface area contributed by atoms with Gasteiger partial charge in [-0.25, -0.2) is 0 Å². The summed E-state index contributed by atoms with van der Waals surface area (Å²) in [5.41, 5.74) is 0.651. The average Bonchev–Trinajstić information content (AvgIpc) is 2.74. The van der Waals surface area contributed by atoms with E-state index in [4.69, 9.17) is 0 Å². The van der Waals surface area contributed by atoms with Crippen LogP contribution in [0.25, 0.3) is 0 Å². The van der Waals surface area contributed by atoms with Gasteiger partial charge in [0.2, 0.25) is 0 Å². The highest BCUT2D eigenvalue weighted by molar-refractivity contribution is 5.79. The number of carbonyl (C=O) groups is 1. The summed E-state index contributed by atoms with van der Waals surface area (Å²) in [5, 5.41) is 0. The monoisotopic (exact) mass is 274 g/mol. The highest BCUT2D eigenvalue weighted by atomic mass is 16.1. The summed E-state index contributed by atoms with van der Waals surface area (Å²) in [4.78, 5) is 11.8. The molecule has 1 heteroatoms. The molecule has 4 aliphatic carbocycles. The molecule has 20 heavy (non-hydrogen) atoms. The predicted octanol–water partition coefficient (Wildman–Crippen LogP) is 4.84. The summed E-state index contributed by atoms with van der Waals surface area (Å²) in [5.74, 6) is 6.17. The lowest BCUT2D eigenvalue weighted by molar-refractivity contribution is -0.127. The van der Waals surface area contributed by atoms with Gasteiger partial charge in [0, 0.05) is 12.8 Å². The van der Waals surface area contributed by atoms with Gasteiger partial charge in [0.05, 0.1) is 0 Å². The van der Waals surface area contributed by atoms with Crippen LogP contribution >= 0.6 is 0 Å². The predicted molar refractivity (Wildman–Crippen MR) is 81.3 cm³/mol. The number of hydrogen-bond donors (Lipinski definition) is 0. The van der Waals surface area contributed by atoms with Crippen LogP contribution < -0.4 is 0 Å². The van der Waals surface area contributed by atoms with Crippen molar-refractivity contribution in [2.24, 2.45) is 40.9 Å². The lowest BCUT2D eigenvalue weighted by Gasteiger charge is -2.55. The fourth-order valence-electron chi connectivity index (χ4n) is 6.92. The maximum absolute atomic E-state index is 11.8. The molecule has 0 heterocycles. The third kappa shape index (κ3) is 1.77. The van der Waals surface area contributed by atoms with E-state index in [2.05, 4.69) is 13.8 Å². The van der Waals surface area contributed by atoms with Crippen molar-refractivity contribution in [1.82, 2.24) is 0 Å². The summed E-state index contributed by atoms with van der Waals surface area (Å²) in [6.07, 6.45) is 11.7. The van der Waals surface area contributed by atoms with Crippen LogP contribution in [0.4, 0.5) is 0 Å². The molecule has 0 spiro atoms. The van der Waals surface area contributed by atoms with Crippen molar-refractivity contribution in [3.8, 4) is 0 Å². The first-order valence-electron chi connectivity index (χ1n) is 9.11. The lowest BCUT2D eigenvalue weighted by Crippen LogP contribution is -2.48. The van der Waals surface area contributed by atoms with E-state index >= 15 is 0 Å².